The molecular formula is C10H17N3. The van der Waals surface area contributed by atoms with E-state index in [9.17, 15) is 0 Å². The van der Waals surface area contributed by atoms with E-state index in [-0.39, 0.29) is 0 Å². The van der Waals surface area contributed by atoms with Crippen LogP contribution in [-0.4, -0.2) is 36.6 Å². The van der Waals surface area contributed by atoms with Crippen molar-refractivity contribution < 1.29 is 0 Å². The van der Waals surface area contributed by atoms with Gasteiger partial charge in [-0.05, 0) is 25.0 Å². The number of hydrazine groups is 1. The van der Waals surface area contributed by atoms with E-state index < -0.39 is 0 Å². The van der Waals surface area contributed by atoms with E-state index in [0.717, 1.165) is 12.5 Å². The Kier molecular flexibility index (Phi) is 2.38. The molecular weight excluding hydrogens is 162 g/mol. The third-order valence-corrected chi connectivity index (χ3v) is 2.64. The summed E-state index contributed by atoms with van der Waals surface area (Å²) >= 11 is 0. The predicted molar refractivity (Wildman–Crippen MR) is 53.7 cm³/mol. The first-order valence-corrected chi connectivity index (χ1v) is 4.81. The summed E-state index contributed by atoms with van der Waals surface area (Å²) in [5.74, 6) is 6.52. The number of allylic oxidation sites excluding steroid dienone is 2. The molecule has 0 unspecified atom stereocenters. The Bertz CT molecular complexity index is 239. The summed E-state index contributed by atoms with van der Waals surface area (Å²) in [6, 6.07) is 0. The first kappa shape index (κ1) is 8.78. The van der Waals surface area contributed by atoms with Crippen LogP contribution in [0.25, 0.3) is 0 Å². The normalized spacial score (nSPS) is 24.5. The van der Waals surface area contributed by atoms with Gasteiger partial charge in [0.2, 0.25) is 0 Å². The summed E-state index contributed by atoms with van der Waals surface area (Å²) < 4.78 is 0. The van der Waals surface area contributed by atoms with Gasteiger partial charge in [-0.25, -0.2) is 5.84 Å². The fourth-order valence-corrected chi connectivity index (χ4v) is 2.05. The van der Waals surface area contributed by atoms with E-state index in [1.54, 1.807) is 5.01 Å². The van der Waals surface area contributed by atoms with Crippen LogP contribution >= 0.6 is 0 Å². The number of hydrogen-bond donors (Lipinski definition) is 1. The molecule has 1 fully saturated rings. The van der Waals surface area contributed by atoms with Gasteiger partial charge < -0.3 is 9.91 Å². The largest absolute Gasteiger partial charge is 0.314 e. The molecule has 0 radical (unpaired) electrons. The summed E-state index contributed by atoms with van der Waals surface area (Å²) in [6.45, 7) is 3.31. The molecule has 0 amide bonds. The number of rotatable bonds is 2. The minimum atomic E-state index is 0.840. The van der Waals surface area contributed by atoms with Crippen molar-refractivity contribution in [2.75, 3.05) is 26.7 Å². The summed E-state index contributed by atoms with van der Waals surface area (Å²) in [6.07, 6.45) is 7.55. The lowest BCUT2D eigenvalue weighted by Gasteiger charge is -2.36. The maximum absolute atomic E-state index is 5.68. The Morgan fingerprint density at radius 3 is 2.92 bits per heavy atom. The summed E-state index contributed by atoms with van der Waals surface area (Å²) in [7, 11) is 2.16. The van der Waals surface area contributed by atoms with Crippen LogP contribution in [0.2, 0.25) is 0 Å². The van der Waals surface area contributed by atoms with E-state index in [2.05, 4.69) is 30.3 Å². The van der Waals surface area contributed by atoms with E-state index in [4.69, 9.17) is 5.84 Å². The fourth-order valence-electron chi connectivity index (χ4n) is 2.05. The molecule has 1 saturated heterocycles. The molecule has 0 aromatic heterocycles. The molecule has 3 nitrogen and oxygen atoms in total. The molecule has 2 N–H and O–H groups in total. The van der Waals surface area contributed by atoms with Crippen molar-refractivity contribution in [3.63, 3.8) is 0 Å². The van der Waals surface area contributed by atoms with Gasteiger partial charge in [-0.1, -0.05) is 12.2 Å². The molecule has 0 aliphatic carbocycles. The van der Waals surface area contributed by atoms with Crippen LogP contribution in [0, 0.1) is 5.92 Å². The highest BCUT2D eigenvalue weighted by Crippen LogP contribution is 2.22. The third kappa shape index (κ3) is 2.11. The van der Waals surface area contributed by atoms with Crippen LogP contribution < -0.4 is 5.84 Å². The van der Waals surface area contributed by atoms with Gasteiger partial charge in [0.25, 0.3) is 0 Å². The zero-order valence-electron chi connectivity index (χ0n) is 8.11. The fraction of sp³-hybridized carbons (Fsp3) is 0.600. The molecule has 0 aromatic carbocycles. The molecule has 3 heteroatoms. The molecule has 0 spiro atoms. The van der Waals surface area contributed by atoms with Crippen molar-refractivity contribution in [1.82, 2.24) is 9.91 Å². The van der Waals surface area contributed by atoms with Gasteiger partial charge in [-0.15, -0.1) is 0 Å². The van der Waals surface area contributed by atoms with Crippen LogP contribution in [0.4, 0.5) is 0 Å². The second kappa shape index (κ2) is 3.52. The highest BCUT2D eigenvalue weighted by molar-refractivity contribution is 5.22. The van der Waals surface area contributed by atoms with E-state index >= 15 is 0 Å². The predicted octanol–water partition coefficient (Wildman–Crippen LogP) is 0.568. The summed E-state index contributed by atoms with van der Waals surface area (Å²) in [5, 5.41) is 1.75. The van der Waals surface area contributed by atoms with E-state index in [1.165, 1.54) is 25.1 Å². The minimum absolute atomic E-state index is 0.840. The van der Waals surface area contributed by atoms with Gasteiger partial charge in [0.05, 0.1) is 6.54 Å². The second-order valence-electron chi connectivity index (χ2n) is 4.09. The topological polar surface area (TPSA) is 32.5 Å². The average molecular weight is 179 g/mol. The molecule has 2 aliphatic rings. The molecule has 0 aromatic rings. The van der Waals surface area contributed by atoms with Gasteiger partial charge in [0, 0.05) is 19.3 Å². The number of likely N-dealkylation sites (tertiary alicyclic amines) is 1. The van der Waals surface area contributed by atoms with Crippen molar-refractivity contribution in [2.45, 2.75) is 6.42 Å². The summed E-state index contributed by atoms with van der Waals surface area (Å²) in [4.78, 5) is 2.35. The first-order valence-electron chi connectivity index (χ1n) is 4.81. The van der Waals surface area contributed by atoms with Gasteiger partial charge in [-0.2, -0.15) is 0 Å². The summed E-state index contributed by atoms with van der Waals surface area (Å²) in [5.41, 5.74) is 1.37. The van der Waals surface area contributed by atoms with Crippen molar-refractivity contribution in [3.8, 4) is 0 Å². The van der Waals surface area contributed by atoms with Crippen molar-refractivity contribution in [3.05, 3.63) is 23.9 Å². The zero-order valence-corrected chi connectivity index (χ0v) is 8.11. The molecule has 2 heterocycles. The Labute approximate surface area is 79.5 Å². The standard InChI is InChI=1S/C10H17N3/c1-12-6-10(7-12)5-9-3-2-4-13(11)8-9/h2-3,8,10H,4-7,11H2,1H3. The zero-order chi connectivity index (χ0) is 9.26. The Balaban J connectivity index is 1.84. The molecule has 2 aliphatic heterocycles. The second-order valence-corrected chi connectivity index (χ2v) is 4.09. The smallest absolute Gasteiger partial charge is 0.0519 e. The Morgan fingerprint density at radius 2 is 2.31 bits per heavy atom. The highest BCUT2D eigenvalue weighted by atomic mass is 15.4. The lowest BCUT2D eigenvalue weighted by atomic mass is 9.92. The molecule has 13 heavy (non-hydrogen) atoms. The molecule has 0 bridgehead atoms. The SMILES string of the molecule is CN1CC(CC2=CN(N)CC=C2)C1. The Hall–Kier alpha value is -0.800. The van der Waals surface area contributed by atoms with Crippen molar-refractivity contribution in [1.29, 1.82) is 0 Å². The van der Waals surface area contributed by atoms with Crippen LogP contribution in [-0.2, 0) is 0 Å². The van der Waals surface area contributed by atoms with Gasteiger partial charge in [0.15, 0.2) is 0 Å². The number of hydrogen-bond acceptors (Lipinski definition) is 3. The van der Waals surface area contributed by atoms with Crippen LogP contribution in [0.1, 0.15) is 6.42 Å². The molecule has 0 saturated carbocycles. The van der Waals surface area contributed by atoms with Gasteiger partial charge in [-0.3, -0.25) is 0 Å². The lowest BCUT2D eigenvalue weighted by Crippen LogP contribution is -2.43. The van der Waals surface area contributed by atoms with Crippen LogP contribution in [0.3, 0.4) is 0 Å². The number of nitrogens with two attached hydrogens (primary N) is 1. The highest BCUT2D eigenvalue weighted by Gasteiger charge is 2.23. The van der Waals surface area contributed by atoms with E-state index in [1.807, 2.05) is 0 Å². The van der Waals surface area contributed by atoms with Gasteiger partial charge in [0.1, 0.15) is 0 Å². The third-order valence-electron chi connectivity index (χ3n) is 2.64. The maximum atomic E-state index is 5.68. The van der Waals surface area contributed by atoms with Crippen molar-refractivity contribution >= 4 is 0 Å². The quantitative estimate of drug-likeness (QED) is 0.629. The number of nitrogens with zero attached hydrogens (tertiary/aromatic N) is 2. The lowest BCUT2D eigenvalue weighted by molar-refractivity contribution is 0.135. The maximum Gasteiger partial charge on any atom is 0.0519 e. The minimum Gasteiger partial charge on any atom is -0.314 e. The molecule has 2 rings (SSSR count). The van der Waals surface area contributed by atoms with E-state index in [0.29, 0.717) is 0 Å². The van der Waals surface area contributed by atoms with Crippen LogP contribution in [0.15, 0.2) is 23.9 Å². The molecule has 72 valence electrons. The monoisotopic (exact) mass is 179 g/mol. The first-order chi connectivity index (χ1) is 6.24. The Morgan fingerprint density at radius 1 is 1.54 bits per heavy atom. The average Bonchev–Trinajstić information content (AvgIpc) is 2.01. The molecule has 0 atom stereocenters. The van der Waals surface area contributed by atoms with Crippen LogP contribution in [0.5, 0.6) is 0 Å². The van der Waals surface area contributed by atoms with Gasteiger partial charge >= 0.3 is 0 Å². The van der Waals surface area contributed by atoms with Crippen molar-refractivity contribution in [2.24, 2.45) is 11.8 Å².